The number of hydrogen-bond acceptors (Lipinski definition) is 3. The highest BCUT2D eigenvalue weighted by Gasteiger charge is 2.33. The first-order valence-electron chi connectivity index (χ1n) is 12.1. The van der Waals surface area contributed by atoms with Crippen LogP contribution in [0, 0.1) is 31.4 Å². The monoisotopic (exact) mass is 469 g/mol. The third-order valence-corrected chi connectivity index (χ3v) is 7.26. The molecular weight excluding hydrogens is 436 g/mol. The van der Waals surface area contributed by atoms with Crippen molar-refractivity contribution in [3.63, 3.8) is 0 Å². The minimum atomic E-state index is -0.480. The Kier molecular flexibility index (Phi) is 7.31. The number of hydrogen-bond donors (Lipinski definition) is 1. The van der Waals surface area contributed by atoms with Crippen molar-refractivity contribution in [3.05, 3.63) is 64.2 Å². The van der Waals surface area contributed by atoms with E-state index in [-0.39, 0.29) is 23.4 Å². The van der Waals surface area contributed by atoms with Crippen LogP contribution in [0.3, 0.4) is 0 Å². The number of rotatable bonds is 5. The molecule has 0 radical (unpaired) electrons. The van der Waals surface area contributed by atoms with Gasteiger partial charge in [0, 0.05) is 49.4 Å². The molecule has 1 unspecified atom stereocenters. The van der Waals surface area contributed by atoms with Gasteiger partial charge in [0.15, 0.2) is 0 Å². The lowest BCUT2D eigenvalue weighted by Crippen LogP contribution is -2.54. The zero-order chi connectivity index (χ0) is 24.4. The molecule has 1 N–H and O–H groups in total. The Morgan fingerprint density at radius 2 is 1.79 bits per heavy atom. The molecule has 2 amide bonds. The molecule has 5 nitrogen and oxygen atoms in total. The fraction of sp³-hybridized carbons (Fsp3) is 0.481. The van der Waals surface area contributed by atoms with E-state index in [1.165, 1.54) is 18.2 Å². The Morgan fingerprint density at radius 1 is 1.06 bits per heavy atom. The minimum Gasteiger partial charge on any atom is -0.337 e. The molecule has 1 aliphatic heterocycles. The summed E-state index contributed by atoms with van der Waals surface area (Å²) in [5.74, 6) is -0.916. The van der Waals surface area contributed by atoms with Gasteiger partial charge in [0.2, 0.25) is 5.91 Å². The van der Waals surface area contributed by atoms with Crippen molar-refractivity contribution in [1.82, 2.24) is 9.80 Å². The van der Waals surface area contributed by atoms with Crippen LogP contribution in [0.4, 0.5) is 14.5 Å². The lowest BCUT2D eigenvalue weighted by molar-refractivity contribution is -0.140. The van der Waals surface area contributed by atoms with Gasteiger partial charge in [0.1, 0.15) is 11.6 Å². The van der Waals surface area contributed by atoms with Gasteiger partial charge in [-0.2, -0.15) is 0 Å². The number of benzene rings is 2. The Hall–Kier alpha value is -2.80. The topological polar surface area (TPSA) is 52.7 Å². The molecule has 2 aliphatic rings. The van der Waals surface area contributed by atoms with E-state index in [4.69, 9.17) is 0 Å². The number of halogens is 2. The number of carbonyl (C=O) groups excluding carboxylic acids is 2. The summed E-state index contributed by atoms with van der Waals surface area (Å²) in [5.41, 5.74) is 2.59. The van der Waals surface area contributed by atoms with Crippen LogP contribution in [-0.4, -0.2) is 47.3 Å². The highest BCUT2D eigenvalue weighted by Crippen LogP contribution is 2.29. The maximum atomic E-state index is 14.5. The van der Waals surface area contributed by atoms with Gasteiger partial charge in [-0.3, -0.25) is 14.5 Å². The highest BCUT2D eigenvalue weighted by atomic mass is 19.1. The lowest BCUT2D eigenvalue weighted by Gasteiger charge is -2.41. The lowest BCUT2D eigenvalue weighted by atomic mass is 10.0. The standard InChI is InChI=1S/C27H33F2N3O2/c1-17-8-9-21(13-24(17)29)26(33)30-25-14-23(28)12-22(19(25)3)16-31-10-11-32(18(2)15-31)27(34)20-6-4-5-7-20/h8-9,12-14,18,20H,4-7,10-11,15-16H2,1-3H3,(H,30,33). The second kappa shape index (κ2) is 10.2. The molecule has 2 aromatic rings. The predicted octanol–water partition coefficient (Wildman–Crippen LogP) is 5.06. The summed E-state index contributed by atoms with van der Waals surface area (Å²) in [6.07, 6.45) is 4.28. The first-order chi connectivity index (χ1) is 16.2. The molecular formula is C27H33F2N3O2. The molecule has 34 heavy (non-hydrogen) atoms. The van der Waals surface area contributed by atoms with Crippen molar-refractivity contribution >= 4 is 17.5 Å². The number of anilines is 1. The van der Waals surface area contributed by atoms with Gasteiger partial charge in [0.25, 0.3) is 5.91 Å². The zero-order valence-corrected chi connectivity index (χ0v) is 20.2. The third kappa shape index (κ3) is 5.30. The molecule has 0 aromatic heterocycles. The van der Waals surface area contributed by atoms with Gasteiger partial charge >= 0.3 is 0 Å². The van der Waals surface area contributed by atoms with E-state index in [9.17, 15) is 18.4 Å². The first kappa shape index (κ1) is 24.3. The van der Waals surface area contributed by atoms with Crippen LogP contribution in [0.2, 0.25) is 0 Å². The maximum absolute atomic E-state index is 14.5. The van der Waals surface area contributed by atoms with Crippen LogP contribution in [0.15, 0.2) is 30.3 Å². The van der Waals surface area contributed by atoms with Gasteiger partial charge in [-0.25, -0.2) is 8.78 Å². The summed E-state index contributed by atoms with van der Waals surface area (Å²) >= 11 is 0. The van der Waals surface area contributed by atoms with Crippen LogP contribution in [0.5, 0.6) is 0 Å². The van der Waals surface area contributed by atoms with Gasteiger partial charge < -0.3 is 10.2 Å². The van der Waals surface area contributed by atoms with Crippen LogP contribution in [0.25, 0.3) is 0 Å². The second-order valence-electron chi connectivity index (χ2n) is 9.75. The van der Waals surface area contributed by atoms with E-state index in [1.807, 2.05) is 11.8 Å². The minimum absolute atomic E-state index is 0.103. The summed E-state index contributed by atoms with van der Waals surface area (Å²) < 4.78 is 28.3. The van der Waals surface area contributed by atoms with E-state index in [2.05, 4.69) is 17.1 Å². The van der Waals surface area contributed by atoms with E-state index in [1.54, 1.807) is 19.1 Å². The van der Waals surface area contributed by atoms with E-state index in [0.717, 1.165) is 49.9 Å². The summed E-state index contributed by atoms with van der Waals surface area (Å²) in [7, 11) is 0. The average molecular weight is 470 g/mol. The molecule has 7 heteroatoms. The quantitative estimate of drug-likeness (QED) is 0.666. The Balaban J connectivity index is 1.43. The smallest absolute Gasteiger partial charge is 0.255 e. The number of nitrogens with zero attached hydrogens (tertiary/aromatic N) is 2. The van der Waals surface area contributed by atoms with Crippen molar-refractivity contribution in [3.8, 4) is 0 Å². The number of aryl methyl sites for hydroxylation is 1. The Morgan fingerprint density at radius 3 is 2.47 bits per heavy atom. The van der Waals surface area contributed by atoms with Crippen LogP contribution in [-0.2, 0) is 11.3 Å². The predicted molar refractivity (Wildman–Crippen MR) is 129 cm³/mol. The number of carbonyl (C=O) groups is 2. The summed E-state index contributed by atoms with van der Waals surface area (Å²) in [6.45, 7) is 8.20. The summed E-state index contributed by atoms with van der Waals surface area (Å²) in [5, 5.41) is 2.74. The fourth-order valence-electron chi connectivity index (χ4n) is 5.11. The highest BCUT2D eigenvalue weighted by molar-refractivity contribution is 6.04. The molecule has 2 aromatic carbocycles. The van der Waals surface area contributed by atoms with Crippen LogP contribution < -0.4 is 5.32 Å². The maximum Gasteiger partial charge on any atom is 0.255 e. The van der Waals surface area contributed by atoms with Gasteiger partial charge in [-0.15, -0.1) is 0 Å². The van der Waals surface area contributed by atoms with Gasteiger partial charge in [-0.1, -0.05) is 18.9 Å². The SMILES string of the molecule is Cc1ccc(C(=O)Nc2cc(F)cc(CN3CCN(C(=O)C4CCCC4)C(C)C3)c2C)cc1F. The van der Waals surface area contributed by atoms with Gasteiger partial charge in [0.05, 0.1) is 0 Å². The normalized spacial score (nSPS) is 19.4. The van der Waals surface area contributed by atoms with E-state index in [0.29, 0.717) is 24.3 Å². The van der Waals surface area contributed by atoms with Crippen molar-refractivity contribution in [2.75, 3.05) is 25.0 Å². The van der Waals surface area contributed by atoms with Gasteiger partial charge in [-0.05, 0) is 74.6 Å². The van der Waals surface area contributed by atoms with Crippen LogP contribution >= 0.6 is 0 Å². The Labute approximate surface area is 200 Å². The van der Waals surface area contributed by atoms with E-state index >= 15 is 0 Å². The van der Waals surface area contributed by atoms with Crippen molar-refractivity contribution in [2.24, 2.45) is 5.92 Å². The second-order valence-corrected chi connectivity index (χ2v) is 9.75. The molecule has 1 saturated carbocycles. The Bertz CT molecular complexity index is 1080. The first-order valence-corrected chi connectivity index (χ1v) is 12.1. The number of nitrogens with one attached hydrogen (secondary N) is 1. The molecule has 1 aliphatic carbocycles. The average Bonchev–Trinajstić information content (AvgIpc) is 3.33. The zero-order valence-electron chi connectivity index (χ0n) is 20.2. The molecule has 2 fully saturated rings. The van der Waals surface area contributed by atoms with Crippen molar-refractivity contribution in [1.29, 1.82) is 0 Å². The van der Waals surface area contributed by atoms with Crippen molar-refractivity contribution in [2.45, 2.75) is 59.0 Å². The summed E-state index contributed by atoms with van der Waals surface area (Å²) in [4.78, 5) is 29.8. The largest absolute Gasteiger partial charge is 0.337 e. The number of amides is 2. The molecule has 1 heterocycles. The summed E-state index contributed by atoms with van der Waals surface area (Å²) in [6, 6.07) is 7.18. The number of piperazine rings is 1. The van der Waals surface area contributed by atoms with E-state index < -0.39 is 17.5 Å². The molecule has 4 rings (SSSR count). The fourth-order valence-corrected chi connectivity index (χ4v) is 5.11. The molecule has 0 bridgehead atoms. The molecule has 182 valence electrons. The third-order valence-electron chi connectivity index (χ3n) is 7.26. The molecule has 1 atom stereocenters. The molecule has 0 spiro atoms. The van der Waals surface area contributed by atoms with Crippen LogP contribution in [0.1, 0.15) is 59.7 Å². The van der Waals surface area contributed by atoms with Crippen molar-refractivity contribution < 1.29 is 18.4 Å². The molecule has 1 saturated heterocycles.